The summed E-state index contributed by atoms with van der Waals surface area (Å²) in [6, 6.07) is 0. The van der Waals surface area contributed by atoms with E-state index in [0.717, 1.165) is 5.75 Å². The van der Waals surface area contributed by atoms with Gasteiger partial charge in [0.2, 0.25) is 0 Å². The molecule has 0 aromatic rings. The summed E-state index contributed by atoms with van der Waals surface area (Å²) in [6.45, 7) is 6.59. The summed E-state index contributed by atoms with van der Waals surface area (Å²) in [5.74, 6) is 0.00926. The van der Waals surface area contributed by atoms with Gasteiger partial charge in [-0.15, -0.1) is 0 Å². The molecule has 0 saturated carbocycles. The average Bonchev–Trinajstić information content (AvgIpc) is 1.68. The molecule has 0 rings (SSSR count). The second-order valence-electron chi connectivity index (χ2n) is 1.40. The van der Waals surface area contributed by atoms with E-state index in [2.05, 4.69) is 19.2 Å². The average molecular weight is 148 g/mol. The molecule has 0 atom stereocenters. The van der Waals surface area contributed by atoms with Gasteiger partial charge in [0, 0.05) is 5.57 Å². The van der Waals surface area contributed by atoms with Crippen LogP contribution in [0.5, 0.6) is 0 Å². The fourth-order valence-corrected chi connectivity index (χ4v) is 0. The van der Waals surface area contributed by atoms with E-state index < -0.39 is 5.97 Å². The molecule has 0 fully saturated rings. The third kappa shape index (κ3) is 18.4. The normalized spacial score (nSPS) is 7.00. The van der Waals surface area contributed by atoms with Gasteiger partial charge in [-0.05, 0) is 12.7 Å². The smallest absolute Gasteiger partial charge is 0.330 e. The molecular formula is C6H12O2S. The van der Waals surface area contributed by atoms with E-state index in [1.165, 1.54) is 6.92 Å². The number of carbonyl (C=O) groups is 1. The summed E-state index contributed by atoms with van der Waals surface area (Å²) < 4.78 is 0. The van der Waals surface area contributed by atoms with Crippen molar-refractivity contribution in [3.8, 4) is 0 Å². The van der Waals surface area contributed by atoms with Gasteiger partial charge in [0.15, 0.2) is 0 Å². The van der Waals surface area contributed by atoms with Crippen LogP contribution >= 0.6 is 12.6 Å². The van der Waals surface area contributed by atoms with Crippen LogP contribution in [0.1, 0.15) is 13.8 Å². The Balaban J connectivity index is 0. The van der Waals surface area contributed by atoms with Crippen molar-refractivity contribution in [1.82, 2.24) is 0 Å². The quantitative estimate of drug-likeness (QED) is 0.437. The van der Waals surface area contributed by atoms with Crippen LogP contribution in [-0.2, 0) is 4.79 Å². The summed E-state index contributed by atoms with van der Waals surface area (Å²) in [4.78, 5) is 9.60. The Morgan fingerprint density at radius 2 is 1.89 bits per heavy atom. The highest BCUT2D eigenvalue weighted by atomic mass is 32.1. The fourth-order valence-electron chi connectivity index (χ4n) is 0. The fraction of sp³-hybridized carbons (Fsp3) is 0.500. The molecule has 0 aromatic carbocycles. The van der Waals surface area contributed by atoms with Crippen molar-refractivity contribution in [3.05, 3.63) is 12.2 Å². The molecule has 3 heteroatoms. The lowest BCUT2D eigenvalue weighted by Gasteiger charge is -1.79. The largest absolute Gasteiger partial charge is 0.478 e. The maximum Gasteiger partial charge on any atom is 0.330 e. The van der Waals surface area contributed by atoms with Crippen molar-refractivity contribution >= 4 is 18.6 Å². The maximum atomic E-state index is 9.60. The van der Waals surface area contributed by atoms with E-state index in [-0.39, 0.29) is 5.57 Å². The Bertz CT molecular complexity index is 87.2. The Labute approximate surface area is 61.0 Å². The van der Waals surface area contributed by atoms with Gasteiger partial charge < -0.3 is 5.11 Å². The number of rotatable bonds is 1. The van der Waals surface area contributed by atoms with E-state index in [9.17, 15) is 4.79 Å². The first-order valence-electron chi connectivity index (χ1n) is 2.55. The first-order valence-corrected chi connectivity index (χ1v) is 3.19. The van der Waals surface area contributed by atoms with Gasteiger partial charge in [0.1, 0.15) is 0 Å². The van der Waals surface area contributed by atoms with E-state index in [0.29, 0.717) is 0 Å². The number of thiol groups is 1. The summed E-state index contributed by atoms with van der Waals surface area (Å²) >= 11 is 3.79. The molecule has 0 aromatic heterocycles. The second-order valence-corrected chi connectivity index (χ2v) is 2.03. The summed E-state index contributed by atoms with van der Waals surface area (Å²) in [5, 5.41) is 7.89. The molecule has 9 heavy (non-hydrogen) atoms. The Morgan fingerprint density at radius 3 is 1.89 bits per heavy atom. The molecule has 0 aliphatic carbocycles. The molecule has 2 nitrogen and oxygen atoms in total. The second kappa shape index (κ2) is 7.56. The van der Waals surface area contributed by atoms with Crippen molar-refractivity contribution in [3.63, 3.8) is 0 Å². The standard InChI is InChI=1S/C4H6O2.C2H6S/c1-3(2)4(5)6;1-2-3/h1H2,2H3,(H,5,6);3H,2H2,1H3. The lowest BCUT2D eigenvalue weighted by Crippen LogP contribution is -1.92. The minimum atomic E-state index is -0.935. The monoisotopic (exact) mass is 148 g/mol. The van der Waals surface area contributed by atoms with Crippen LogP contribution in [0.4, 0.5) is 0 Å². The number of hydrogen-bond donors (Lipinski definition) is 2. The van der Waals surface area contributed by atoms with Gasteiger partial charge in [0.25, 0.3) is 0 Å². The molecule has 0 radical (unpaired) electrons. The summed E-state index contributed by atoms with van der Waals surface area (Å²) in [6.07, 6.45) is 0. The van der Waals surface area contributed by atoms with Crippen molar-refractivity contribution in [2.24, 2.45) is 0 Å². The minimum Gasteiger partial charge on any atom is -0.478 e. The molecule has 0 unspecified atom stereocenters. The van der Waals surface area contributed by atoms with Gasteiger partial charge in [-0.2, -0.15) is 12.6 Å². The molecule has 0 aliphatic heterocycles. The van der Waals surface area contributed by atoms with E-state index in [4.69, 9.17) is 5.11 Å². The molecule has 0 saturated heterocycles. The molecule has 0 heterocycles. The Kier molecular flexibility index (Phi) is 9.55. The van der Waals surface area contributed by atoms with Crippen LogP contribution in [0.25, 0.3) is 0 Å². The topological polar surface area (TPSA) is 37.3 Å². The third-order valence-electron chi connectivity index (χ3n) is 0.365. The van der Waals surface area contributed by atoms with Gasteiger partial charge in [-0.1, -0.05) is 13.5 Å². The van der Waals surface area contributed by atoms with Crippen LogP contribution in [0.2, 0.25) is 0 Å². The zero-order valence-electron chi connectivity index (χ0n) is 5.72. The Hall–Kier alpha value is -0.440. The van der Waals surface area contributed by atoms with Crippen molar-refractivity contribution in [2.45, 2.75) is 13.8 Å². The van der Waals surface area contributed by atoms with Crippen LogP contribution < -0.4 is 0 Å². The van der Waals surface area contributed by atoms with Crippen LogP contribution in [-0.4, -0.2) is 16.8 Å². The van der Waals surface area contributed by atoms with Crippen LogP contribution in [0.3, 0.4) is 0 Å². The summed E-state index contributed by atoms with van der Waals surface area (Å²) in [5.41, 5.74) is 0.176. The Morgan fingerprint density at radius 1 is 1.78 bits per heavy atom. The lowest BCUT2D eigenvalue weighted by molar-refractivity contribution is -0.132. The third-order valence-corrected chi connectivity index (χ3v) is 0.365. The SMILES string of the molecule is C=C(C)C(=O)O.CCS. The number of hydrogen-bond acceptors (Lipinski definition) is 2. The highest BCUT2D eigenvalue weighted by molar-refractivity contribution is 7.80. The maximum absolute atomic E-state index is 9.60. The number of carboxylic acid groups (broad SMARTS) is 1. The molecule has 0 spiro atoms. The van der Waals surface area contributed by atoms with E-state index in [1.54, 1.807) is 0 Å². The predicted molar refractivity (Wildman–Crippen MR) is 42.0 cm³/mol. The van der Waals surface area contributed by atoms with Gasteiger partial charge >= 0.3 is 5.97 Å². The zero-order chi connectivity index (χ0) is 7.86. The highest BCUT2D eigenvalue weighted by Crippen LogP contribution is 1.81. The molecule has 1 N–H and O–H groups in total. The summed E-state index contributed by atoms with van der Waals surface area (Å²) in [7, 11) is 0. The zero-order valence-corrected chi connectivity index (χ0v) is 6.61. The number of aliphatic carboxylic acids is 1. The molecule has 0 amide bonds. The van der Waals surface area contributed by atoms with Gasteiger partial charge in [0.05, 0.1) is 0 Å². The number of carboxylic acids is 1. The highest BCUT2D eigenvalue weighted by Gasteiger charge is 1.90. The van der Waals surface area contributed by atoms with E-state index >= 15 is 0 Å². The van der Waals surface area contributed by atoms with Gasteiger partial charge in [-0.25, -0.2) is 4.79 Å². The predicted octanol–water partition coefficient (Wildman–Crippen LogP) is 1.58. The molecule has 0 aliphatic rings. The first kappa shape index (κ1) is 11.4. The first-order chi connectivity index (χ1) is 4.06. The van der Waals surface area contributed by atoms with Gasteiger partial charge in [-0.3, -0.25) is 0 Å². The van der Waals surface area contributed by atoms with E-state index in [1.807, 2.05) is 6.92 Å². The van der Waals surface area contributed by atoms with Crippen molar-refractivity contribution < 1.29 is 9.90 Å². The van der Waals surface area contributed by atoms with Crippen LogP contribution in [0, 0.1) is 0 Å². The van der Waals surface area contributed by atoms with Crippen LogP contribution in [0.15, 0.2) is 12.2 Å². The molecule has 0 bridgehead atoms. The molecule has 54 valence electrons. The van der Waals surface area contributed by atoms with Crippen molar-refractivity contribution in [1.29, 1.82) is 0 Å². The van der Waals surface area contributed by atoms with Crippen molar-refractivity contribution in [2.75, 3.05) is 5.75 Å². The minimum absolute atomic E-state index is 0.176. The molecular weight excluding hydrogens is 136 g/mol. The lowest BCUT2D eigenvalue weighted by atomic mass is 10.4.